The lowest BCUT2D eigenvalue weighted by molar-refractivity contribution is 0.470. The minimum atomic E-state index is -0.580. The highest BCUT2D eigenvalue weighted by Crippen LogP contribution is 2.21. The largest absolute Gasteiger partial charge is 0.308 e. The van der Waals surface area contributed by atoms with Crippen LogP contribution in [0.2, 0.25) is 0 Å². The Morgan fingerprint density at radius 2 is 2.21 bits per heavy atom. The van der Waals surface area contributed by atoms with Crippen molar-refractivity contribution in [3.63, 3.8) is 0 Å². The van der Waals surface area contributed by atoms with E-state index in [0.717, 1.165) is 41.5 Å². The van der Waals surface area contributed by atoms with E-state index in [1.54, 1.807) is 11.3 Å². The molecule has 6 heteroatoms. The number of fused-ring (bicyclic) bond motifs is 1. The van der Waals surface area contributed by atoms with E-state index in [-0.39, 0.29) is 0 Å². The molecule has 1 saturated heterocycles. The lowest BCUT2D eigenvalue weighted by atomic mass is 10.1. The van der Waals surface area contributed by atoms with Gasteiger partial charge in [0, 0.05) is 46.0 Å². The van der Waals surface area contributed by atoms with Gasteiger partial charge in [-0.05, 0) is 26.7 Å². The molecule has 0 unspecified atom stereocenters. The number of nitrogens with zero attached hydrogens (tertiary/aromatic N) is 2. The van der Waals surface area contributed by atoms with Crippen LogP contribution in [-0.2, 0) is 17.3 Å². The second kappa shape index (κ2) is 5.34. The van der Waals surface area contributed by atoms with E-state index in [0.29, 0.717) is 6.04 Å². The minimum absolute atomic E-state index is 0.502. The Labute approximate surface area is 119 Å². The van der Waals surface area contributed by atoms with Gasteiger partial charge in [0.25, 0.3) is 0 Å². The van der Waals surface area contributed by atoms with Crippen molar-refractivity contribution in [1.29, 1.82) is 0 Å². The van der Waals surface area contributed by atoms with Crippen molar-refractivity contribution in [2.45, 2.75) is 39.3 Å². The van der Waals surface area contributed by atoms with Crippen molar-refractivity contribution in [1.82, 2.24) is 14.7 Å². The third-order valence-corrected chi connectivity index (χ3v) is 5.97. The van der Waals surface area contributed by atoms with Crippen LogP contribution >= 0.6 is 11.3 Å². The summed E-state index contributed by atoms with van der Waals surface area (Å²) >= 11 is 1.73. The summed E-state index contributed by atoms with van der Waals surface area (Å²) in [4.78, 5) is 6.97. The van der Waals surface area contributed by atoms with Gasteiger partial charge in [-0.2, -0.15) is 0 Å². The van der Waals surface area contributed by atoms with Crippen molar-refractivity contribution < 1.29 is 4.21 Å². The molecule has 1 N–H and O–H groups in total. The normalized spacial score (nSPS) is 24.1. The van der Waals surface area contributed by atoms with Crippen molar-refractivity contribution in [3.8, 4) is 0 Å². The highest BCUT2D eigenvalue weighted by Gasteiger charge is 2.18. The number of thiazole rings is 1. The van der Waals surface area contributed by atoms with E-state index < -0.39 is 10.8 Å². The summed E-state index contributed by atoms with van der Waals surface area (Å²) in [6.07, 6.45) is 4.21. The topological polar surface area (TPSA) is 46.4 Å². The highest BCUT2D eigenvalue weighted by atomic mass is 32.2. The molecule has 0 aromatic carbocycles. The zero-order chi connectivity index (χ0) is 13.4. The number of aromatic nitrogens is 2. The molecule has 4 nitrogen and oxygen atoms in total. The Morgan fingerprint density at radius 1 is 1.47 bits per heavy atom. The maximum atomic E-state index is 11.3. The zero-order valence-corrected chi connectivity index (χ0v) is 12.9. The first-order valence-electron chi connectivity index (χ1n) is 6.66. The number of imidazole rings is 1. The van der Waals surface area contributed by atoms with Crippen LogP contribution in [0.4, 0.5) is 0 Å². The molecule has 0 bridgehead atoms. The average molecular weight is 297 g/mol. The molecule has 0 saturated carbocycles. The number of hydrogen-bond donors (Lipinski definition) is 1. The summed E-state index contributed by atoms with van der Waals surface area (Å²) in [5.74, 6) is 1.69. The van der Waals surface area contributed by atoms with Crippen molar-refractivity contribution >= 4 is 27.1 Å². The van der Waals surface area contributed by atoms with Gasteiger partial charge in [0.1, 0.15) is 0 Å². The second-order valence-electron chi connectivity index (χ2n) is 5.14. The molecule has 0 aliphatic carbocycles. The first kappa shape index (κ1) is 13.3. The summed E-state index contributed by atoms with van der Waals surface area (Å²) in [7, 11) is -0.580. The fourth-order valence-electron chi connectivity index (χ4n) is 2.56. The van der Waals surface area contributed by atoms with Gasteiger partial charge in [0.15, 0.2) is 4.96 Å². The molecule has 1 aliphatic rings. The molecule has 2 aromatic heterocycles. The smallest absolute Gasteiger partial charge is 0.194 e. The predicted molar refractivity (Wildman–Crippen MR) is 80.3 cm³/mol. The molecule has 0 radical (unpaired) electrons. The second-order valence-corrected chi connectivity index (χ2v) is 8.05. The fraction of sp³-hybridized carbons (Fsp3) is 0.615. The molecule has 104 valence electrons. The van der Waals surface area contributed by atoms with Gasteiger partial charge in [-0.1, -0.05) is 0 Å². The molecule has 3 heterocycles. The lowest BCUT2D eigenvalue weighted by Gasteiger charge is -2.22. The van der Waals surface area contributed by atoms with Gasteiger partial charge < -0.3 is 5.32 Å². The van der Waals surface area contributed by atoms with Crippen molar-refractivity contribution in [2.75, 3.05) is 11.5 Å². The van der Waals surface area contributed by atoms with Gasteiger partial charge in [0.2, 0.25) is 0 Å². The van der Waals surface area contributed by atoms with E-state index in [4.69, 9.17) is 0 Å². The van der Waals surface area contributed by atoms with E-state index in [9.17, 15) is 4.21 Å². The molecular weight excluding hydrogens is 278 g/mol. The number of aryl methyl sites for hydroxylation is 2. The molecule has 1 fully saturated rings. The number of hydrogen-bond acceptors (Lipinski definition) is 4. The van der Waals surface area contributed by atoms with Gasteiger partial charge in [-0.3, -0.25) is 8.61 Å². The van der Waals surface area contributed by atoms with Crippen LogP contribution in [0.25, 0.3) is 4.96 Å². The maximum absolute atomic E-state index is 11.3. The Kier molecular flexibility index (Phi) is 3.73. The van der Waals surface area contributed by atoms with E-state index >= 15 is 0 Å². The van der Waals surface area contributed by atoms with Crippen LogP contribution in [0.3, 0.4) is 0 Å². The maximum Gasteiger partial charge on any atom is 0.194 e. The van der Waals surface area contributed by atoms with Crippen LogP contribution in [0, 0.1) is 13.8 Å². The number of nitrogens with one attached hydrogen (secondary N) is 1. The summed E-state index contributed by atoms with van der Waals surface area (Å²) in [5.41, 5.74) is 2.36. The molecule has 0 amide bonds. The summed E-state index contributed by atoms with van der Waals surface area (Å²) < 4.78 is 13.5. The Bertz CT molecular complexity index is 607. The van der Waals surface area contributed by atoms with Gasteiger partial charge in [-0.25, -0.2) is 4.98 Å². The SMILES string of the molecule is Cc1cn2c(CNC3CCS(=O)CC3)c(C)nc2s1. The summed E-state index contributed by atoms with van der Waals surface area (Å²) in [6, 6.07) is 0.502. The third kappa shape index (κ3) is 2.75. The van der Waals surface area contributed by atoms with E-state index in [2.05, 4.69) is 34.7 Å². The molecule has 3 rings (SSSR count). The monoisotopic (exact) mass is 297 g/mol. The van der Waals surface area contributed by atoms with Crippen LogP contribution in [0.5, 0.6) is 0 Å². The van der Waals surface area contributed by atoms with Gasteiger partial charge in [-0.15, -0.1) is 11.3 Å². The first-order valence-corrected chi connectivity index (χ1v) is 8.96. The van der Waals surface area contributed by atoms with Crippen molar-refractivity contribution in [3.05, 3.63) is 22.5 Å². The first-order chi connectivity index (χ1) is 9.13. The summed E-state index contributed by atoms with van der Waals surface area (Å²) in [6.45, 7) is 5.03. The van der Waals surface area contributed by atoms with Gasteiger partial charge in [0.05, 0.1) is 11.4 Å². The zero-order valence-electron chi connectivity index (χ0n) is 11.3. The van der Waals surface area contributed by atoms with Crippen molar-refractivity contribution in [2.24, 2.45) is 0 Å². The molecule has 0 atom stereocenters. The van der Waals surface area contributed by atoms with Crippen LogP contribution < -0.4 is 5.32 Å². The van der Waals surface area contributed by atoms with Crippen LogP contribution in [0.15, 0.2) is 6.20 Å². The quantitative estimate of drug-likeness (QED) is 0.943. The number of rotatable bonds is 3. The Balaban J connectivity index is 1.71. The lowest BCUT2D eigenvalue weighted by Crippen LogP contribution is -2.35. The average Bonchev–Trinajstić information content (AvgIpc) is 2.85. The van der Waals surface area contributed by atoms with E-state index in [1.807, 2.05) is 0 Å². The van der Waals surface area contributed by atoms with Crippen LogP contribution in [0.1, 0.15) is 29.1 Å². The van der Waals surface area contributed by atoms with Gasteiger partial charge >= 0.3 is 0 Å². The molecule has 1 aliphatic heterocycles. The third-order valence-electron chi connectivity index (χ3n) is 3.69. The standard InChI is InChI=1S/C13H19N3OS2/c1-9-8-16-12(10(2)15-13(16)18-9)7-14-11-3-5-19(17)6-4-11/h8,11,14H,3-7H2,1-2H3. The molecule has 19 heavy (non-hydrogen) atoms. The molecular formula is C13H19N3OS2. The fourth-order valence-corrected chi connectivity index (χ4v) is 4.75. The minimum Gasteiger partial charge on any atom is -0.308 e. The Hall–Kier alpha value is -0.720. The molecule has 2 aromatic rings. The predicted octanol–water partition coefficient (Wildman–Crippen LogP) is 2.01. The molecule has 0 spiro atoms. The van der Waals surface area contributed by atoms with Crippen LogP contribution in [-0.4, -0.2) is 31.1 Å². The van der Waals surface area contributed by atoms with E-state index in [1.165, 1.54) is 10.6 Å². The Morgan fingerprint density at radius 3 is 2.95 bits per heavy atom. The highest BCUT2D eigenvalue weighted by molar-refractivity contribution is 7.85. The summed E-state index contributed by atoms with van der Waals surface area (Å²) in [5, 5.41) is 3.60.